The first-order valence-electron chi connectivity index (χ1n) is 6.86. The molecule has 1 aliphatic heterocycles. The van der Waals surface area contributed by atoms with E-state index in [1.165, 1.54) is 10.6 Å². The summed E-state index contributed by atoms with van der Waals surface area (Å²) in [4.78, 5) is 12.2. The number of benzene rings is 1. The van der Waals surface area contributed by atoms with Crippen LogP contribution >= 0.6 is 0 Å². The van der Waals surface area contributed by atoms with Gasteiger partial charge in [0.2, 0.25) is 15.9 Å². The van der Waals surface area contributed by atoms with Crippen LogP contribution in [0.4, 0.5) is 5.69 Å². The summed E-state index contributed by atoms with van der Waals surface area (Å²) in [5.74, 6) is -0.494. The average molecular weight is 312 g/mol. The van der Waals surface area contributed by atoms with E-state index in [2.05, 4.69) is 5.32 Å². The first-order valence-corrected chi connectivity index (χ1v) is 8.71. The van der Waals surface area contributed by atoms with Gasteiger partial charge in [-0.25, -0.2) is 12.7 Å². The molecule has 1 heterocycles. The standard InChI is InChI=1S/C14H20N2O4S/c1-21(19,20)16-8-2-3-12(9-16)14(18)15-13-6-4-11(10-17)5-7-13/h4-7,12,17H,2-3,8-10H2,1H3,(H,15,18). The minimum Gasteiger partial charge on any atom is -0.392 e. The number of hydrogen-bond donors (Lipinski definition) is 2. The van der Waals surface area contributed by atoms with Crippen molar-refractivity contribution in [2.75, 3.05) is 24.7 Å². The Balaban J connectivity index is 1.99. The molecule has 0 spiro atoms. The van der Waals surface area contributed by atoms with Gasteiger partial charge < -0.3 is 10.4 Å². The van der Waals surface area contributed by atoms with Crippen LogP contribution in [0.5, 0.6) is 0 Å². The Hall–Kier alpha value is -1.44. The SMILES string of the molecule is CS(=O)(=O)N1CCCC(C(=O)Nc2ccc(CO)cc2)C1. The molecule has 0 bridgehead atoms. The van der Waals surface area contributed by atoms with Crippen LogP contribution in [0.1, 0.15) is 18.4 Å². The van der Waals surface area contributed by atoms with E-state index in [1.807, 2.05) is 0 Å². The van der Waals surface area contributed by atoms with Gasteiger partial charge in [0, 0.05) is 18.8 Å². The molecule has 1 aromatic carbocycles. The van der Waals surface area contributed by atoms with Gasteiger partial charge in [-0.2, -0.15) is 0 Å². The van der Waals surface area contributed by atoms with Crippen molar-refractivity contribution in [3.05, 3.63) is 29.8 Å². The first kappa shape index (κ1) is 15.9. The highest BCUT2D eigenvalue weighted by molar-refractivity contribution is 7.88. The molecule has 2 N–H and O–H groups in total. The molecule has 1 fully saturated rings. The molecule has 1 aromatic rings. The van der Waals surface area contributed by atoms with Crippen LogP contribution in [-0.2, 0) is 21.4 Å². The quantitative estimate of drug-likeness (QED) is 0.860. The molecule has 1 saturated heterocycles. The maximum Gasteiger partial charge on any atom is 0.228 e. The summed E-state index contributed by atoms with van der Waals surface area (Å²) in [5, 5.41) is 11.8. The molecular formula is C14H20N2O4S. The van der Waals surface area contributed by atoms with Crippen LogP contribution in [0, 0.1) is 5.92 Å². The van der Waals surface area contributed by atoms with Gasteiger partial charge in [-0.15, -0.1) is 0 Å². The summed E-state index contributed by atoms with van der Waals surface area (Å²) in [6.45, 7) is 0.674. The smallest absolute Gasteiger partial charge is 0.228 e. The zero-order chi connectivity index (χ0) is 15.5. The molecule has 116 valence electrons. The van der Waals surface area contributed by atoms with Gasteiger partial charge in [-0.3, -0.25) is 4.79 Å². The Labute approximate surface area is 124 Å². The lowest BCUT2D eigenvalue weighted by Gasteiger charge is -2.30. The number of aliphatic hydroxyl groups is 1. The number of carbonyl (C=O) groups excluding carboxylic acids is 1. The van der Waals surface area contributed by atoms with Crippen LogP contribution in [0.2, 0.25) is 0 Å². The van der Waals surface area contributed by atoms with E-state index in [1.54, 1.807) is 24.3 Å². The molecule has 0 aromatic heterocycles. The van der Waals surface area contributed by atoms with Crippen molar-refractivity contribution in [3.8, 4) is 0 Å². The number of nitrogens with one attached hydrogen (secondary N) is 1. The van der Waals surface area contributed by atoms with Gasteiger partial charge in [0.1, 0.15) is 0 Å². The Morgan fingerprint density at radius 2 is 2.05 bits per heavy atom. The minimum atomic E-state index is -3.25. The topological polar surface area (TPSA) is 86.7 Å². The number of aliphatic hydroxyl groups excluding tert-OH is 1. The highest BCUT2D eigenvalue weighted by Crippen LogP contribution is 2.20. The van der Waals surface area contributed by atoms with E-state index in [-0.39, 0.29) is 25.0 Å². The number of nitrogens with zero attached hydrogens (tertiary/aromatic N) is 1. The molecular weight excluding hydrogens is 292 g/mol. The molecule has 1 unspecified atom stereocenters. The highest BCUT2D eigenvalue weighted by Gasteiger charge is 2.30. The summed E-state index contributed by atoms with van der Waals surface area (Å²) < 4.78 is 24.5. The summed E-state index contributed by atoms with van der Waals surface area (Å²) in [6, 6.07) is 6.92. The largest absolute Gasteiger partial charge is 0.392 e. The van der Waals surface area contributed by atoms with E-state index < -0.39 is 10.0 Å². The fraction of sp³-hybridized carbons (Fsp3) is 0.500. The predicted molar refractivity (Wildman–Crippen MR) is 80.1 cm³/mol. The van der Waals surface area contributed by atoms with Gasteiger partial charge in [0.25, 0.3) is 0 Å². The zero-order valence-electron chi connectivity index (χ0n) is 11.9. The van der Waals surface area contributed by atoms with Crippen LogP contribution in [0.25, 0.3) is 0 Å². The monoisotopic (exact) mass is 312 g/mol. The first-order chi connectivity index (χ1) is 9.90. The Kier molecular flexibility index (Phi) is 4.97. The molecule has 7 heteroatoms. The Morgan fingerprint density at radius 3 is 2.62 bits per heavy atom. The lowest BCUT2D eigenvalue weighted by molar-refractivity contribution is -0.120. The third-order valence-corrected chi connectivity index (χ3v) is 4.90. The summed E-state index contributed by atoms with van der Waals surface area (Å²) in [5.41, 5.74) is 1.42. The van der Waals surface area contributed by atoms with Gasteiger partial charge in [0.05, 0.1) is 18.8 Å². The van der Waals surface area contributed by atoms with Crippen molar-refractivity contribution >= 4 is 21.6 Å². The average Bonchev–Trinajstić information content (AvgIpc) is 2.47. The van der Waals surface area contributed by atoms with Gasteiger partial charge >= 0.3 is 0 Å². The molecule has 6 nitrogen and oxygen atoms in total. The van der Waals surface area contributed by atoms with E-state index in [4.69, 9.17) is 5.11 Å². The number of anilines is 1. The number of piperidine rings is 1. The number of hydrogen-bond acceptors (Lipinski definition) is 4. The van der Waals surface area contributed by atoms with Crippen molar-refractivity contribution < 1.29 is 18.3 Å². The lowest BCUT2D eigenvalue weighted by Crippen LogP contribution is -2.43. The second-order valence-electron chi connectivity index (χ2n) is 5.30. The normalized spacial score (nSPS) is 20.2. The van der Waals surface area contributed by atoms with Crippen molar-refractivity contribution in [2.45, 2.75) is 19.4 Å². The maximum absolute atomic E-state index is 12.2. The van der Waals surface area contributed by atoms with Crippen LogP contribution < -0.4 is 5.32 Å². The van der Waals surface area contributed by atoms with Crippen molar-refractivity contribution in [1.82, 2.24) is 4.31 Å². The number of sulfonamides is 1. The maximum atomic E-state index is 12.2. The van der Waals surface area contributed by atoms with Crippen LogP contribution in [0.3, 0.4) is 0 Å². The fourth-order valence-corrected chi connectivity index (χ4v) is 3.31. The summed E-state index contributed by atoms with van der Waals surface area (Å²) in [7, 11) is -3.25. The second kappa shape index (κ2) is 6.55. The van der Waals surface area contributed by atoms with Crippen molar-refractivity contribution in [2.24, 2.45) is 5.92 Å². The van der Waals surface area contributed by atoms with Crippen LogP contribution in [0.15, 0.2) is 24.3 Å². The molecule has 0 aliphatic carbocycles. The minimum absolute atomic E-state index is 0.0415. The van der Waals surface area contributed by atoms with Crippen molar-refractivity contribution in [1.29, 1.82) is 0 Å². The second-order valence-corrected chi connectivity index (χ2v) is 7.29. The highest BCUT2D eigenvalue weighted by atomic mass is 32.2. The summed E-state index contributed by atoms with van der Waals surface area (Å²) in [6.07, 6.45) is 2.54. The van der Waals surface area contributed by atoms with Crippen LogP contribution in [-0.4, -0.2) is 43.1 Å². The number of rotatable bonds is 4. The van der Waals surface area contributed by atoms with Gasteiger partial charge in [0.15, 0.2) is 0 Å². The van der Waals surface area contributed by atoms with E-state index in [9.17, 15) is 13.2 Å². The van der Waals surface area contributed by atoms with Gasteiger partial charge in [-0.1, -0.05) is 12.1 Å². The molecule has 1 amide bonds. The number of amides is 1. The van der Waals surface area contributed by atoms with E-state index >= 15 is 0 Å². The predicted octanol–water partition coefficient (Wildman–Crippen LogP) is 0.789. The zero-order valence-corrected chi connectivity index (χ0v) is 12.8. The summed E-state index contributed by atoms with van der Waals surface area (Å²) >= 11 is 0. The molecule has 0 saturated carbocycles. The fourth-order valence-electron chi connectivity index (χ4n) is 2.40. The third kappa shape index (κ3) is 4.26. The third-order valence-electron chi connectivity index (χ3n) is 3.63. The molecule has 1 aliphatic rings. The Morgan fingerprint density at radius 1 is 1.38 bits per heavy atom. The lowest BCUT2D eigenvalue weighted by atomic mass is 9.98. The van der Waals surface area contributed by atoms with Crippen molar-refractivity contribution in [3.63, 3.8) is 0 Å². The molecule has 0 radical (unpaired) electrons. The molecule has 2 rings (SSSR count). The van der Waals surface area contributed by atoms with Gasteiger partial charge in [-0.05, 0) is 30.5 Å². The molecule has 21 heavy (non-hydrogen) atoms. The molecule has 1 atom stereocenters. The number of carbonyl (C=O) groups is 1. The van der Waals surface area contributed by atoms with E-state index in [0.717, 1.165) is 5.56 Å². The van der Waals surface area contributed by atoms with E-state index in [0.29, 0.717) is 25.1 Å². The Bertz CT molecular complexity index is 598.